The monoisotopic (exact) mass is 279 g/mol. The Morgan fingerprint density at radius 3 is 2.68 bits per heavy atom. The topological polar surface area (TPSA) is 54.9 Å². The molecule has 1 atom stereocenters. The van der Waals surface area contributed by atoms with Gasteiger partial charge in [0.25, 0.3) is 0 Å². The molecule has 0 saturated carbocycles. The fourth-order valence-corrected chi connectivity index (χ4v) is 2.15. The average Bonchev–Trinajstić information content (AvgIpc) is 2.87. The number of benzene rings is 1. The first-order chi connectivity index (χ1) is 9.10. The van der Waals surface area contributed by atoms with Crippen molar-refractivity contribution in [2.45, 2.75) is 20.3 Å². The van der Waals surface area contributed by atoms with Gasteiger partial charge in [-0.1, -0.05) is 25.2 Å². The van der Waals surface area contributed by atoms with Crippen molar-refractivity contribution in [3.8, 4) is 10.6 Å². The van der Waals surface area contributed by atoms with Crippen LogP contribution >= 0.6 is 11.3 Å². The highest BCUT2D eigenvalue weighted by Crippen LogP contribution is 2.26. The summed E-state index contributed by atoms with van der Waals surface area (Å²) in [4.78, 5) is 11.7. The lowest BCUT2D eigenvalue weighted by atomic mass is 10.1. The molecule has 1 amide bonds. The van der Waals surface area contributed by atoms with E-state index in [1.165, 1.54) is 23.5 Å². The van der Waals surface area contributed by atoms with Crippen LogP contribution in [0.4, 0.5) is 9.52 Å². The van der Waals surface area contributed by atoms with E-state index in [0.29, 0.717) is 10.1 Å². The Bertz CT molecular complexity index is 568. The number of carbonyl (C=O) groups is 1. The summed E-state index contributed by atoms with van der Waals surface area (Å²) in [6.45, 7) is 3.81. The first-order valence-corrected chi connectivity index (χ1v) is 6.82. The Balaban J connectivity index is 2.11. The maximum absolute atomic E-state index is 12.8. The molecule has 0 radical (unpaired) electrons. The van der Waals surface area contributed by atoms with E-state index in [-0.39, 0.29) is 17.6 Å². The Hall–Kier alpha value is -1.82. The summed E-state index contributed by atoms with van der Waals surface area (Å²) < 4.78 is 12.8. The van der Waals surface area contributed by atoms with Gasteiger partial charge in [-0.3, -0.25) is 4.79 Å². The van der Waals surface area contributed by atoms with Crippen LogP contribution in [0.1, 0.15) is 20.3 Å². The molecule has 1 aromatic carbocycles. The van der Waals surface area contributed by atoms with E-state index in [9.17, 15) is 9.18 Å². The molecule has 100 valence electrons. The van der Waals surface area contributed by atoms with Crippen molar-refractivity contribution in [2.75, 3.05) is 5.32 Å². The van der Waals surface area contributed by atoms with Crippen molar-refractivity contribution in [1.82, 2.24) is 10.2 Å². The SMILES string of the molecule is CC[C@@H](C)C(=O)Nc1nnc(-c2ccc(F)cc2)s1. The molecular weight excluding hydrogens is 265 g/mol. The van der Waals surface area contributed by atoms with Gasteiger partial charge >= 0.3 is 0 Å². The molecular formula is C13H14FN3OS. The van der Waals surface area contributed by atoms with E-state index in [1.54, 1.807) is 12.1 Å². The summed E-state index contributed by atoms with van der Waals surface area (Å²) in [5.41, 5.74) is 0.780. The predicted octanol–water partition coefficient (Wildman–Crippen LogP) is 3.33. The van der Waals surface area contributed by atoms with Crippen molar-refractivity contribution < 1.29 is 9.18 Å². The van der Waals surface area contributed by atoms with E-state index in [0.717, 1.165) is 12.0 Å². The highest BCUT2D eigenvalue weighted by molar-refractivity contribution is 7.18. The lowest BCUT2D eigenvalue weighted by Gasteiger charge is -2.06. The molecule has 6 heteroatoms. The normalized spacial score (nSPS) is 12.2. The van der Waals surface area contributed by atoms with Crippen LogP contribution in [0.15, 0.2) is 24.3 Å². The molecule has 0 unspecified atom stereocenters. The van der Waals surface area contributed by atoms with Crippen LogP contribution in [0.25, 0.3) is 10.6 Å². The molecule has 4 nitrogen and oxygen atoms in total. The molecule has 1 N–H and O–H groups in total. The quantitative estimate of drug-likeness (QED) is 0.934. The molecule has 0 saturated heterocycles. The highest BCUT2D eigenvalue weighted by atomic mass is 32.1. The van der Waals surface area contributed by atoms with Crippen LogP contribution in [0.2, 0.25) is 0 Å². The molecule has 0 aliphatic carbocycles. The molecule has 0 aliphatic rings. The van der Waals surface area contributed by atoms with Gasteiger partial charge in [0.2, 0.25) is 11.0 Å². The summed E-state index contributed by atoms with van der Waals surface area (Å²) in [6.07, 6.45) is 0.773. The molecule has 2 rings (SSSR count). The highest BCUT2D eigenvalue weighted by Gasteiger charge is 2.13. The largest absolute Gasteiger partial charge is 0.300 e. The van der Waals surface area contributed by atoms with Gasteiger partial charge in [0.15, 0.2) is 0 Å². The maximum atomic E-state index is 12.8. The zero-order chi connectivity index (χ0) is 13.8. The molecule has 1 aromatic heterocycles. The van der Waals surface area contributed by atoms with E-state index in [1.807, 2.05) is 13.8 Å². The molecule has 0 bridgehead atoms. The minimum Gasteiger partial charge on any atom is -0.300 e. The van der Waals surface area contributed by atoms with Crippen molar-refractivity contribution >= 4 is 22.4 Å². The summed E-state index contributed by atoms with van der Waals surface area (Å²) in [5, 5.41) is 11.7. The number of amides is 1. The smallest absolute Gasteiger partial charge is 0.229 e. The number of hydrogen-bond donors (Lipinski definition) is 1. The average molecular weight is 279 g/mol. The zero-order valence-electron chi connectivity index (χ0n) is 10.7. The van der Waals surface area contributed by atoms with Crippen molar-refractivity contribution in [2.24, 2.45) is 5.92 Å². The predicted molar refractivity (Wildman–Crippen MR) is 73.4 cm³/mol. The molecule has 1 heterocycles. The third-order valence-corrected chi connectivity index (χ3v) is 3.69. The van der Waals surface area contributed by atoms with Crippen LogP contribution in [-0.2, 0) is 4.79 Å². The van der Waals surface area contributed by atoms with Crippen LogP contribution in [0.3, 0.4) is 0 Å². The zero-order valence-corrected chi connectivity index (χ0v) is 11.5. The number of carbonyl (C=O) groups excluding carboxylic acids is 1. The first-order valence-electron chi connectivity index (χ1n) is 6.00. The number of hydrogen-bond acceptors (Lipinski definition) is 4. The van der Waals surface area contributed by atoms with Crippen molar-refractivity contribution in [3.63, 3.8) is 0 Å². The van der Waals surface area contributed by atoms with E-state index in [2.05, 4.69) is 15.5 Å². The summed E-state index contributed by atoms with van der Waals surface area (Å²) in [7, 11) is 0. The van der Waals surface area contributed by atoms with Gasteiger partial charge in [-0.25, -0.2) is 4.39 Å². The Labute approximate surface area is 114 Å². The lowest BCUT2D eigenvalue weighted by molar-refractivity contribution is -0.119. The van der Waals surface area contributed by atoms with Gasteiger partial charge < -0.3 is 5.32 Å². The van der Waals surface area contributed by atoms with Crippen LogP contribution in [0, 0.1) is 11.7 Å². The van der Waals surface area contributed by atoms with Gasteiger partial charge in [-0.05, 0) is 30.7 Å². The minimum absolute atomic E-state index is 0.0572. The number of rotatable bonds is 4. The van der Waals surface area contributed by atoms with Gasteiger partial charge in [0.1, 0.15) is 10.8 Å². The van der Waals surface area contributed by atoms with Gasteiger partial charge in [0.05, 0.1) is 0 Å². The Morgan fingerprint density at radius 2 is 2.05 bits per heavy atom. The van der Waals surface area contributed by atoms with Crippen LogP contribution in [0.5, 0.6) is 0 Å². The number of aromatic nitrogens is 2. The molecule has 19 heavy (non-hydrogen) atoms. The molecule has 0 spiro atoms. The van der Waals surface area contributed by atoms with Gasteiger partial charge in [-0.15, -0.1) is 10.2 Å². The van der Waals surface area contributed by atoms with Crippen LogP contribution < -0.4 is 5.32 Å². The second kappa shape index (κ2) is 5.88. The number of nitrogens with one attached hydrogen (secondary N) is 1. The standard InChI is InChI=1S/C13H14FN3OS/c1-3-8(2)11(18)15-13-17-16-12(19-13)9-4-6-10(14)7-5-9/h4-8H,3H2,1-2H3,(H,15,17,18)/t8-/m1/s1. The number of halogens is 1. The molecule has 0 fully saturated rings. The van der Waals surface area contributed by atoms with E-state index >= 15 is 0 Å². The minimum atomic E-state index is -0.293. The lowest BCUT2D eigenvalue weighted by Crippen LogP contribution is -2.19. The van der Waals surface area contributed by atoms with Crippen LogP contribution in [-0.4, -0.2) is 16.1 Å². The summed E-state index contributed by atoms with van der Waals surface area (Å²) in [6, 6.07) is 6.01. The van der Waals surface area contributed by atoms with Gasteiger partial charge in [0, 0.05) is 11.5 Å². The summed E-state index contributed by atoms with van der Waals surface area (Å²) in [5.74, 6) is -0.416. The second-order valence-electron chi connectivity index (χ2n) is 4.22. The maximum Gasteiger partial charge on any atom is 0.229 e. The first kappa shape index (κ1) is 13.6. The fourth-order valence-electron chi connectivity index (χ4n) is 1.40. The second-order valence-corrected chi connectivity index (χ2v) is 5.20. The third-order valence-electron chi connectivity index (χ3n) is 2.81. The summed E-state index contributed by atoms with van der Waals surface area (Å²) >= 11 is 1.27. The van der Waals surface area contributed by atoms with E-state index in [4.69, 9.17) is 0 Å². The fraction of sp³-hybridized carbons (Fsp3) is 0.308. The Kier molecular flexibility index (Phi) is 4.21. The number of nitrogens with zero attached hydrogens (tertiary/aromatic N) is 2. The number of anilines is 1. The van der Waals surface area contributed by atoms with Gasteiger partial charge in [-0.2, -0.15) is 0 Å². The third kappa shape index (κ3) is 3.35. The van der Waals surface area contributed by atoms with E-state index < -0.39 is 0 Å². The molecule has 2 aromatic rings. The molecule has 0 aliphatic heterocycles. The Morgan fingerprint density at radius 1 is 1.37 bits per heavy atom. The van der Waals surface area contributed by atoms with Crippen molar-refractivity contribution in [3.05, 3.63) is 30.1 Å². The van der Waals surface area contributed by atoms with Crippen molar-refractivity contribution in [1.29, 1.82) is 0 Å².